The predicted molar refractivity (Wildman–Crippen MR) is 83.7 cm³/mol. The Kier molecular flexibility index (Phi) is 7.87. The Bertz CT molecular complexity index is 257. The zero-order chi connectivity index (χ0) is 14.1. The predicted octanol–water partition coefficient (Wildman–Crippen LogP) is 2.07. The average molecular weight is 268 g/mol. The Labute approximate surface area is 119 Å². The van der Waals surface area contributed by atoms with Crippen LogP contribution in [0.15, 0.2) is 4.99 Å². The smallest absolute Gasteiger partial charge is 0.191 e. The second kappa shape index (κ2) is 9.18. The van der Waals surface area contributed by atoms with Crippen LogP contribution >= 0.6 is 0 Å². The zero-order valence-electron chi connectivity index (χ0n) is 13.2. The molecule has 0 aromatic heterocycles. The summed E-state index contributed by atoms with van der Waals surface area (Å²) < 4.78 is 0. The number of guanidine groups is 1. The molecule has 19 heavy (non-hydrogen) atoms. The van der Waals surface area contributed by atoms with Gasteiger partial charge in [0.15, 0.2) is 5.96 Å². The Balaban J connectivity index is 2.22. The molecule has 4 heteroatoms. The van der Waals surface area contributed by atoms with Crippen LogP contribution in [-0.4, -0.2) is 50.1 Å². The van der Waals surface area contributed by atoms with Crippen molar-refractivity contribution in [3.63, 3.8) is 0 Å². The lowest BCUT2D eigenvalue weighted by Gasteiger charge is -2.32. The van der Waals surface area contributed by atoms with Gasteiger partial charge in [0.1, 0.15) is 0 Å². The summed E-state index contributed by atoms with van der Waals surface area (Å²) in [4.78, 5) is 6.87. The van der Waals surface area contributed by atoms with Crippen molar-refractivity contribution in [1.82, 2.24) is 15.5 Å². The summed E-state index contributed by atoms with van der Waals surface area (Å²) in [5, 5.41) is 6.88. The van der Waals surface area contributed by atoms with Crippen LogP contribution in [0.25, 0.3) is 0 Å². The largest absolute Gasteiger partial charge is 0.356 e. The second-order valence-corrected chi connectivity index (χ2v) is 5.69. The van der Waals surface area contributed by atoms with E-state index in [0.717, 1.165) is 24.8 Å². The molecule has 1 rings (SSSR count). The highest BCUT2D eigenvalue weighted by molar-refractivity contribution is 5.79. The number of rotatable bonds is 6. The van der Waals surface area contributed by atoms with Crippen LogP contribution in [0.2, 0.25) is 0 Å². The van der Waals surface area contributed by atoms with Crippen LogP contribution < -0.4 is 10.6 Å². The maximum atomic E-state index is 4.29. The number of likely N-dealkylation sites (tertiary alicyclic amines) is 1. The molecule has 0 aromatic carbocycles. The van der Waals surface area contributed by atoms with Gasteiger partial charge in [-0.25, -0.2) is 0 Å². The summed E-state index contributed by atoms with van der Waals surface area (Å²) in [6.07, 6.45) is 5.02. The third kappa shape index (κ3) is 6.28. The molecule has 0 saturated carbocycles. The van der Waals surface area contributed by atoms with Crippen molar-refractivity contribution in [2.45, 2.75) is 52.5 Å². The molecule has 1 atom stereocenters. The number of hydrogen-bond acceptors (Lipinski definition) is 2. The van der Waals surface area contributed by atoms with Crippen LogP contribution in [0.5, 0.6) is 0 Å². The molecule has 1 aliphatic rings. The molecule has 1 unspecified atom stereocenters. The second-order valence-electron chi connectivity index (χ2n) is 5.69. The van der Waals surface area contributed by atoms with Gasteiger partial charge in [-0.3, -0.25) is 4.99 Å². The fraction of sp³-hybridized carbons (Fsp3) is 0.933. The third-order valence-corrected chi connectivity index (χ3v) is 4.02. The van der Waals surface area contributed by atoms with Crippen LogP contribution in [-0.2, 0) is 0 Å². The minimum absolute atomic E-state index is 0.484. The van der Waals surface area contributed by atoms with Crippen LogP contribution in [0, 0.1) is 5.92 Å². The molecular formula is C15H32N4. The zero-order valence-corrected chi connectivity index (χ0v) is 13.2. The minimum Gasteiger partial charge on any atom is -0.356 e. The van der Waals surface area contributed by atoms with E-state index in [1.165, 1.54) is 38.9 Å². The normalized spacial score (nSPS) is 20.3. The quantitative estimate of drug-likeness (QED) is 0.572. The fourth-order valence-electron chi connectivity index (χ4n) is 2.50. The first kappa shape index (κ1) is 16.3. The summed E-state index contributed by atoms with van der Waals surface area (Å²) in [5.41, 5.74) is 0. The van der Waals surface area contributed by atoms with E-state index in [1.54, 1.807) is 0 Å². The molecular weight excluding hydrogens is 236 g/mol. The van der Waals surface area contributed by atoms with Crippen molar-refractivity contribution in [3.05, 3.63) is 0 Å². The molecule has 0 aromatic rings. The monoisotopic (exact) mass is 268 g/mol. The number of aliphatic imine (C=N–C) groups is 1. The summed E-state index contributed by atoms with van der Waals surface area (Å²) in [7, 11) is 1.85. The van der Waals surface area contributed by atoms with Crippen LogP contribution in [0.4, 0.5) is 0 Å². The van der Waals surface area contributed by atoms with E-state index in [0.29, 0.717) is 6.04 Å². The first-order valence-electron chi connectivity index (χ1n) is 7.89. The molecule has 1 aliphatic heterocycles. The number of nitrogens with one attached hydrogen (secondary N) is 2. The Morgan fingerprint density at radius 2 is 2.00 bits per heavy atom. The lowest BCUT2D eigenvalue weighted by molar-refractivity contribution is 0.185. The van der Waals surface area contributed by atoms with E-state index in [-0.39, 0.29) is 0 Å². The molecule has 2 N–H and O–H groups in total. The maximum Gasteiger partial charge on any atom is 0.191 e. The van der Waals surface area contributed by atoms with E-state index in [1.807, 2.05) is 7.05 Å². The highest BCUT2D eigenvalue weighted by Crippen LogP contribution is 2.16. The molecule has 1 heterocycles. The molecule has 0 radical (unpaired) electrons. The standard InChI is InChI=1S/C15H32N4/c1-5-9-19-10-7-14(8-11-19)12-17-15(16-4)18-13(3)6-2/h13-14H,5-12H2,1-4H3,(H2,16,17,18). The summed E-state index contributed by atoms with van der Waals surface area (Å²) in [5.74, 6) is 1.74. The molecule has 1 fully saturated rings. The van der Waals surface area contributed by atoms with Crippen molar-refractivity contribution < 1.29 is 0 Å². The molecule has 4 nitrogen and oxygen atoms in total. The van der Waals surface area contributed by atoms with Gasteiger partial charge in [0.05, 0.1) is 0 Å². The highest BCUT2D eigenvalue weighted by Gasteiger charge is 2.18. The Hall–Kier alpha value is -0.770. The summed E-state index contributed by atoms with van der Waals surface area (Å²) in [6, 6.07) is 0.484. The topological polar surface area (TPSA) is 39.7 Å². The molecule has 1 saturated heterocycles. The highest BCUT2D eigenvalue weighted by atomic mass is 15.2. The van der Waals surface area contributed by atoms with Gasteiger partial charge in [0.25, 0.3) is 0 Å². The fourth-order valence-corrected chi connectivity index (χ4v) is 2.50. The van der Waals surface area contributed by atoms with E-state index < -0.39 is 0 Å². The van der Waals surface area contributed by atoms with Gasteiger partial charge in [-0.15, -0.1) is 0 Å². The van der Waals surface area contributed by atoms with Crippen LogP contribution in [0.1, 0.15) is 46.5 Å². The lowest BCUT2D eigenvalue weighted by Crippen LogP contribution is -2.45. The van der Waals surface area contributed by atoms with Crippen molar-refractivity contribution in [3.8, 4) is 0 Å². The van der Waals surface area contributed by atoms with E-state index in [9.17, 15) is 0 Å². The Morgan fingerprint density at radius 3 is 2.53 bits per heavy atom. The van der Waals surface area contributed by atoms with Gasteiger partial charge in [-0.05, 0) is 58.2 Å². The van der Waals surface area contributed by atoms with E-state index >= 15 is 0 Å². The van der Waals surface area contributed by atoms with E-state index in [2.05, 4.69) is 41.3 Å². The van der Waals surface area contributed by atoms with Gasteiger partial charge in [-0.1, -0.05) is 13.8 Å². The Morgan fingerprint density at radius 1 is 1.32 bits per heavy atom. The van der Waals surface area contributed by atoms with Crippen molar-refractivity contribution in [1.29, 1.82) is 0 Å². The van der Waals surface area contributed by atoms with Crippen LogP contribution in [0.3, 0.4) is 0 Å². The van der Waals surface area contributed by atoms with Crippen molar-refractivity contribution >= 4 is 5.96 Å². The third-order valence-electron chi connectivity index (χ3n) is 4.02. The lowest BCUT2D eigenvalue weighted by atomic mass is 9.97. The minimum atomic E-state index is 0.484. The molecule has 0 bridgehead atoms. The molecule has 0 spiro atoms. The van der Waals surface area contributed by atoms with Crippen molar-refractivity contribution in [2.75, 3.05) is 33.2 Å². The number of piperidine rings is 1. The summed E-state index contributed by atoms with van der Waals surface area (Å²) >= 11 is 0. The van der Waals surface area contributed by atoms with E-state index in [4.69, 9.17) is 0 Å². The maximum absolute atomic E-state index is 4.29. The van der Waals surface area contributed by atoms with Gasteiger partial charge in [0, 0.05) is 19.6 Å². The first-order valence-corrected chi connectivity index (χ1v) is 7.89. The number of nitrogens with zero attached hydrogens (tertiary/aromatic N) is 2. The molecule has 0 aliphatic carbocycles. The van der Waals surface area contributed by atoms with Gasteiger partial charge >= 0.3 is 0 Å². The first-order chi connectivity index (χ1) is 9.19. The summed E-state index contributed by atoms with van der Waals surface area (Å²) in [6.45, 7) is 11.5. The SMILES string of the molecule is CCCN1CCC(CNC(=NC)NC(C)CC)CC1. The molecule has 112 valence electrons. The van der Waals surface area contributed by atoms with Crippen molar-refractivity contribution in [2.24, 2.45) is 10.9 Å². The molecule has 0 amide bonds. The van der Waals surface area contributed by atoms with Gasteiger partial charge in [-0.2, -0.15) is 0 Å². The number of hydrogen-bond donors (Lipinski definition) is 2. The van der Waals surface area contributed by atoms with Gasteiger partial charge in [0.2, 0.25) is 0 Å². The average Bonchev–Trinajstić information content (AvgIpc) is 2.45. The van der Waals surface area contributed by atoms with Gasteiger partial charge < -0.3 is 15.5 Å².